The maximum atomic E-state index is 9.70. The summed E-state index contributed by atoms with van der Waals surface area (Å²) in [5.74, 6) is 0. The van der Waals surface area contributed by atoms with Crippen LogP contribution in [0.25, 0.3) is 0 Å². The van der Waals surface area contributed by atoms with Crippen molar-refractivity contribution >= 4 is 11.6 Å². The van der Waals surface area contributed by atoms with Crippen LogP contribution in [0.1, 0.15) is 31.9 Å². The molecule has 0 unspecified atom stereocenters. The molecule has 15 heavy (non-hydrogen) atoms. The summed E-state index contributed by atoms with van der Waals surface area (Å²) in [4.78, 5) is 0. The van der Waals surface area contributed by atoms with Crippen molar-refractivity contribution in [1.82, 2.24) is 5.32 Å². The Morgan fingerprint density at radius 2 is 2.07 bits per heavy atom. The van der Waals surface area contributed by atoms with E-state index in [4.69, 9.17) is 11.6 Å². The second-order valence-electron chi connectivity index (χ2n) is 3.69. The van der Waals surface area contributed by atoms with Gasteiger partial charge in [0.1, 0.15) is 0 Å². The summed E-state index contributed by atoms with van der Waals surface area (Å²) in [5, 5.41) is 13.7. The molecule has 0 saturated heterocycles. The van der Waals surface area contributed by atoms with E-state index in [1.807, 2.05) is 24.3 Å². The molecule has 0 spiro atoms. The second kappa shape index (κ2) is 6.11. The number of benzene rings is 1. The topological polar surface area (TPSA) is 32.3 Å². The molecule has 0 aliphatic rings. The Morgan fingerprint density at radius 1 is 1.40 bits per heavy atom. The highest BCUT2D eigenvalue weighted by atomic mass is 35.5. The Morgan fingerprint density at radius 3 is 2.60 bits per heavy atom. The smallest absolute Gasteiger partial charge is 0.0707 e. The minimum Gasteiger partial charge on any atom is -0.391 e. The van der Waals surface area contributed by atoms with E-state index in [2.05, 4.69) is 12.2 Å². The fourth-order valence-electron chi connectivity index (χ4n) is 1.57. The normalized spacial score (nSPS) is 14.9. The lowest BCUT2D eigenvalue weighted by atomic mass is 10.0. The highest BCUT2D eigenvalue weighted by Gasteiger charge is 2.18. The zero-order chi connectivity index (χ0) is 11.3. The van der Waals surface area contributed by atoms with Crippen LogP contribution in [0, 0.1) is 0 Å². The molecule has 2 N–H and O–H groups in total. The highest BCUT2D eigenvalue weighted by molar-refractivity contribution is 6.31. The third kappa shape index (κ3) is 3.49. The predicted molar refractivity (Wildman–Crippen MR) is 64.2 cm³/mol. The van der Waals surface area contributed by atoms with Gasteiger partial charge in [-0.1, -0.05) is 36.7 Å². The fraction of sp³-hybridized carbons (Fsp3) is 0.500. The molecule has 1 rings (SSSR count). The van der Waals surface area contributed by atoms with Crippen molar-refractivity contribution in [3.8, 4) is 0 Å². The Balaban J connectivity index is 2.84. The molecule has 1 aromatic rings. The summed E-state index contributed by atoms with van der Waals surface area (Å²) >= 11 is 6.09. The number of hydrogen-bond donors (Lipinski definition) is 2. The average molecular weight is 228 g/mol. The van der Waals surface area contributed by atoms with Gasteiger partial charge in [0, 0.05) is 5.02 Å². The zero-order valence-electron chi connectivity index (χ0n) is 9.20. The van der Waals surface area contributed by atoms with Crippen molar-refractivity contribution in [2.45, 2.75) is 32.4 Å². The first-order chi connectivity index (χ1) is 7.16. The summed E-state index contributed by atoms with van der Waals surface area (Å²) in [6.45, 7) is 4.75. The largest absolute Gasteiger partial charge is 0.391 e. The zero-order valence-corrected chi connectivity index (χ0v) is 9.96. The van der Waals surface area contributed by atoms with E-state index in [-0.39, 0.29) is 6.04 Å². The Labute approximate surface area is 96.3 Å². The van der Waals surface area contributed by atoms with Crippen molar-refractivity contribution in [2.75, 3.05) is 6.54 Å². The van der Waals surface area contributed by atoms with Gasteiger partial charge in [-0.2, -0.15) is 0 Å². The van der Waals surface area contributed by atoms with Crippen molar-refractivity contribution in [3.05, 3.63) is 34.9 Å². The molecule has 0 saturated carbocycles. The standard InChI is InChI=1S/C12H18ClNO/c1-3-8-14-12(9(2)15)10-6-4-5-7-11(10)13/h4-7,9,12,14-15H,3,8H2,1-2H3/t9-,12+/m0/s1. The third-order valence-corrected chi connectivity index (χ3v) is 2.68. The van der Waals surface area contributed by atoms with Gasteiger partial charge < -0.3 is 10.4 Å². The highest BCUT2D eigenvalue weighted by Crippen LogP contribution is 2.24. The quantitative estimate of drug-likeness (QED) is 0.811. The van der Waals surface area contributed by atoms with Gasteiger partial charge in [0.25, 0.3) is 0 Å². The van der Waals surface area contributed by atoms with Crippen molar-refractivity contribution < 1.29 is 5.11 Å². The van der Waals surface area contributed by atoms with Crippen LogP contribution in [-0.4, -0.2) is 17.8 Å². The van der Waals surface area contributed by atoms with Crippen LogP contribution in [0.4, 0.5) is 0 Å². The molecule has 2 nitrogen and oxygen atoms in total. The Kier molecular flexibility index (Phi) is 5.09. The van der Waals surface area contributed by atoms with Crippen LogP contribution in [-0.2, 0) is 0 Å². The molecule has 0 aliphatic carbocycles. The van der Waals surface area contributed by atoms with Crippen LogP contribution in [0.5, 0.6) is 0 Å². The SMILES string of the molecule is CCCN[C@@H](c1ccccc1Cl)[C@H](C)O. The monoisotopic (exact) mass is 227 g/mol. The first-order valence-electron chi connectivity index (χ1n) is 5.32. The van der Waals surface area contributed by atoms with E-state index < -0.39 is 6.10 Å². The van der Waals surface area contributed by atoms with Crippen LogP contribution < -0.4 is 5.32 Å². The number of nitrogens with one attached hydrogen (secondary N) is 1. The van der Waals surface area contributed by atoms with Gasteiger partial charge in [0.2, 0.25) is 0 Å². The molecule has 0 amide bonds. The predicted octanol–water partition coefficient (Wildman–Crippen LogP) is 2.76. The molecule has 84 valence electrons. The molecule has 2 atom stereocenters. The van der Waals surface area contributed by atoms with E-state index in [0.29, 0.717) is 5.02 Å². The molecule has 0 fully saturated rings. The number of aliphatic hydroxyl groups excluding tert-OH is 1. The van der Waals surface area contributed by atoms with E-state index in [1.165, 1.54) is 0 Å². The molecule has 0 aliphatic heterocycles. The van der Waals surface area contributed by atoms with E-state index >= 15 is 0 Å². The van der Waals surface area contributed by atoms with Crippen molar-refractivity contribution in [1.29, 1.82) is 0 Å². The van der Waals surface area contributed by atoms with E-state index in [9.17, 15) is 5.11 Å². The van der Waals surface area contributed by atoms with Crippen molar-refractivity contribution in [3.63, 3.8) is 0 Å². The minimum absolute atomic E-state index is 0.0846. The number of aliphatic hydroxyl groups is 1. The van der Waals surface area contributed by atoms with Gasteiger partial charge in [0.05, 0.1) is 12.1 Å². The molecule has 0 radical (unpaired) electrons. The van der Waals surface area contributed by atoms with Gasteiger partial charge >= 0.3 is 0 Å². The van der Waals surface area contributed by atoms with Crippen LogP contribution in [0.3, 0.4) is 0 Å². The number of hydrogen-bond acceptors (Lipinski definition) is 2. The molecule has 0 aromatic heterocycles. The first kappa shape index (κ1) is 12.5. The molecule has 1 aromatic carbocycles. The van der Waals surface area contributed by atoms with Gasteiger partial charge in [-0.05, 0) is 31.5 Å². The van der Waals surface area contributed by atoms with Gasteiger partial charge in [-0.15, -0.1) is 0 Å². The van der Waals surface area contributed by atoms with Crippen LogP contribution in [0.2, 0.25) is 5.02 Å². The fourth-order valence-corrected chi connectivity index (χ4v) is 1.82. The molecule has 0 bridgehead atoms. The van der Waals surface area contributed by atoms with Gasteiger partial charge in [-0.3, -0.25) is 0 Å². The second-order valence-corrected chi connectivity index (χ2v) is 4.10. The summed E-state index contributed by atoms with van der Waals surface area (Å²) in [6.07, 6.45) is 0.588. The summed E-state index contributed by atoms with van der Waals surface area (Å²) in [6, 6.07) is 7.54. The summed E-state index contributed by atoms with van der Waals surface area (Å²) in [5.41, 5.74) is 0.961. The van der Waals surface area contributed by atoms with Gasteiger partial charge in [-0.25, -0.2) is 0 Å². The number of halogens is 1. The van der Waals surface area contributed by atoms with Crippen molar-refractivity contribution in [2.24, 2.45) is 0 Å². The first-order valence-corrected chi connectivity index (χ1v) is 5.70. The summed E-state index contributed by atoms with van der Waals surface area (Å²) < 4.78 is 0. The van der Waals surface area contributed by atoms with E-state index in [0.717, 1.165) is 18.5 Å². The molecular weight excluding hydrogens is 210 g/mol. The Hall–Kier alpha value is -0.570. The lowest BCUT2D eigenvalue weighted by molar-refractivity contribution is 0.146. The molecule has 3 heteroatoms. The molecular formula is C12H18ClNO. The maximum Gasteiger partial charge on any atom is 0.0707 e. The van der Waals surface area contributed by atoms with E-state index in [1.54, 1.807) is 6.92 Å². The third-order valence-electron chi connectivity index (χ3n) is 2.34. The van der Waals surface area contributed by atoms with Crippen LogP contribution >= 0.6 is 11.6 Å². The Bertz CT molecular complexity index is 301. The number of rotatable bonds is 5. The van der Waals surface area contributed by atoms with Gasteiger partial charge in [0.15, 0.2) is 0 Å². The lowest BCUT2D eigenvalue weighted by Gasteiger charge is -2.22. The lowest BCUT2D eigenvalue weighted by Crippen LogP contribution is -2.30. The maximum absolute atomic E-state index is 9.70. The molecule has 0 heterocycles. The average Bonchev–Trinajstić information content (AvgIpc) is 2.20. The van der Waals surface area contributed by atoms with Crippen LogP contribution in [0.15, 0.2) is 24.3 Å². The minimum atomic E-state index is -0.448. The summed E-state index contributed by atoms with van der Waals surface area (Å²) in [7, 11) is 0.